The Kier molecular flexibility index (Phi) is 6.62. The Labute approximate surface area is 143 Å². The summed E-state index contributed by atoms with van der Waals surface area (Å²) in [6.45, 7) is 6.15. The number of rotatable bonds is 9. The normalized spacial score (nSPS) is 10.2. The number of carbonyl (C=O) groups excluding carboxylic acids is 1. The van der Waals surface area contributed by atoms with Crippen molar-refractivity contribution in [1.29, 1.82) is 0 Å². The summed E-state index contributed by atoms with van der Waals surface area (Å²) < 4.78 is 10.9. The van der Waals surface area contributed by atoms with Crippen molar-refractivity contribution in [3.8, 4) is 11.5 Å². The summed E-state index contributed by atoms with van der Waals surface area (Å²) in [4.78, 5) is 12.4. The Morgan fingerprint density at radius 1 is 1.21 bits per heavy atom. The van der Waals surface area contributed by atoms with Crippen LogP contribution in [-0.4, -0.2) is 19.5 Å². The van der Waals surface area contributed by atoms with Gasteiger partial charge in [0.25, 0.3) is 0 Å². The van der Waals surface area contributed by atoms with E-state index in [1.54, 1.807) is 19.3 Å². The zero-order chi connectivity index (χ0) is 17.4. The maximum atomic E-state index is 12.4. The quantitative estimate of drug-likeness (QED) is 0.498. The lowest BCUT2D eigenvalue weighted by atomic mass is 10.0. The maximum absolute atomic E-state index is 12.4. The number of aryl methyl sites for hydroxylation is 2. The van der Waals surface area contributed by atoms with Crippen molar-refractivity contribution in [3.05, 3.63) is 71.8 Å². The first-order valence-electron chi connectivity index (χ1n) is 8.20. The second-order valence-electron chi connectivity index (χ2n) is 5.55. The first kappa shape index (κ1) is 17.8. The van der Waals surface area contributed by atoms with Crippen LogP contribution >= 0.6 is 0 Å². The van der Waals surface area contributed by atoms with E-state index in [2.05, 4.69) is 25.6 Å². The molecule has 0 heterocycles. The van der Waals surface area contributed by atoms with Gasteiger partial charge in [0.15, 0.2) is 5.78 Å². The molecule has 0 aromatic heterocycles. The lowest BCUT2D eigenvalue weighted by Gasteiger charge is -2.09. The highest BCUT2D eigenvalue weighted by Crippen LogP contribution is 2.22. The predicted octanol–water partition coefficient (Wildman–Crippen LogP) is 4.64. The fourth-order valence-corrected chi connectivity index (χ4v) is 2.55. The summed E-state index contributed by atoms with van der Waals surface area (Å²) in [6, 6.07) is 13.5. The van der Waals surface area contributed by atoms with Gasteiger partial charge in [-0.05, 0) is 42.2 Å². The minimum Gasteiger partial charge on any atom is -0.496 e. The molecule has 0 aliphatic heterocycles. The van der Waals surface area contributed by atoms with Crippen molar-refractivity contribution in [2.45, 2.75) is 26.2 Å². The van der Waals surface area contributed by atoms with Crippen LogP contribution in [0.2, 0.25) is 0 Å². The number of hydrogen-bond donors (Lipinski definition) is 0. The first-order valence-corrected chi connectivity index (χ1v) is 8.20. The van der Waals surface area contributed by atoms with Crippen molar-refractivity contribution < 1.29 is 14.3 Å². The van der Waals surface area contributed by atoms with E-state index in [9.17, 15) is 4.79 Å². The number of Topliss-reactive ketones (excluding diaryl/α,β-unsaturated/α-hetero) is 1. The molecule has 3 heteroatoms. The monoisotopic (exact) mass is 324 g/mol. The number of benzene rings is 2. The number of ether oxygens (including phenoxy) is 2. The lowest BCUT2D eigenvalue weighted by Crippen LogP contribution is -2.03. The third-order valence-corrected chi connectivity index (χ3v) is 3.90. The number of carbonyl (C=O) groups is 1. The van der Waals surface area contributed by atoms with Gasteiger partial charge in [0.2, 0.25) is 0 Å². The molecule has 0 atom stereocenters. The molecule has 0 unspecified atom stereocenters. The van der Waals surface area contributed by atoms with Crippen LogP contribution < -0.4 is 9.47 Å². The van der Waals surface area contributed by atoms with Crippen LogP contribution in [0.4, 0.5) is 0 Å². The number of hydrogen-bond acceptors (Lipinski definition) is 3. The summed E-state index contributed by atoms with van der Waals surface area (Å²) in [6.07, 6.45) is 3.76. The van der Waals surface area contributed by atoms with Gasteiger partial charge in [0.1, 0.15) is 18.1 Å². The second-order valence-corrected chi connectivity index (χ2v) is 5.55. The van der Waals surface area contributed by atoms with Crippen LogP contribution in [0.25, 0.3) is 0 Å². The van der Waals surface area contributed by atoms with E-state index >= 15 is 0 Å². The molecule has 0 fully saturated rings. The van der Waals surface area contributed by atoms with E-state index in [0.29, 0.717) is 30.8 Å². The predicted molar refractivity (Wildman–Crippen MR) is 97.2 cm³/mol. The Hall–Kier alpha value is -2.55. The molecule has 0 spiro atoms. The summed E-state index contributed by atoms with van der Waals surface area (Å²) >= 11 is 0. The highest BCUT2D eigenvalue weighted by Gasteiger charge is 2.09. The van der Waals surface area contributed by atoms with Crippen LogP contribution in [0.1, 0.15) is 34.8 Å². The molecular formula is C21H24O3. The second kappa shape index (κ2) is 8.92. The molecule has 2 aromatic rings. The summed E-state index contributed by atoms with van der Waals surface area (Å²) in [5.74, 6) is 1.69. The van der Waals surface area contributed by atoms with Crippen molar-refractivity contribution in [2.75, 3.05) is 13.7 Å². The van der Waals surface area contributed by atoms with E-state index < -0.39 is 0 Å². The molecule has 0 bridgehead atoms. The number of ketones is 1. The molecule has 0 radical (unpaired) electrons. The average Bonchev–Trinajstić information content (AvgIpc) is 2.64. The lowest BCUT2D eigenvalue weighted by molar-refractivity contribution is 0.0982. The minimum absolute atomic E-state index is 0.109. The standard InChI is InChI=1S/C21H24O3/c1-4-13-24-19-8-6-7-18(15-19)20(22)12-10-16-9-11-17(5-2)21(14-16)23-3/h4,6-9,11,14-15H,1,5,10,12-13H2,2-3H3. The molecule has 0 saturated carbocycles. The maximum Gasteiger partial charge on any atom is 0.163 e. The molecule has 0 aliphatic carbocycles. The number of methoxy groups -OCH3 is 1. The van der Waals surface area contributed by atoms with Gasteiger partial charge in [0, 0.05) is 12.0 Å². The molecule has 0 saturated heterocycles. The highest BCUT2D eigenvalue weighted by atomic mass is 16.5. The van der Waals surface area contributed by atoms with Crippen molar-refractivity contribution in [3.63, 3.8) is 0 Å². The average molecular weight is 324 g/mol. The van der Waals surface area contributed by atoms with Crippen LogP contribution in [0, 0.1) is 0 Å². The summed E-state index contributed by atoms with van der Waals surface area (Å²) in [5, 5.41) is 0. The van der Waals surface area contributed by atoms with Gasteiger partial charge in [-0.2, -0.15) is 0 Å². The Morgan fingerprint density at radius 2 is 2.04 bits per heavy atom. The molecule has 0 aliphatic rings. The first-order chi connectivity index (χ1) is 11.7. The van der Waals surface area contributed by atoms with E-state index in [1.807, 2.05) is 24.3 Å². The Balaban J connectivity index is 2.01. The van der Waals surface area contributed by atoms with Crippen molar-refractivity contribution in [1.82, 2.24) is 0 Å². The largest absolute Gasteiger partial charge is 0.496 e. The van der Waals surface area contributed by atoms with Gasteiger partial charge in [-0.1, -0.05) is 43.8 Å². The van der Waals surface area contributed by atoms with Gasteiger partial charge in [-0.15, -0.1) is 0 Å². The summed E-state index contributed by atoms with van der Waals surface area (Å²) in [7, 11) is 1.68. The van der Waals surface area contributed by atoms with E-state index in [1.165, 1.54) is 5.56 Å². The fourth-order valence-electron chi connectivity index (χ4n) is 2.55. The summed E-state index contributed by atoms with van der Waals surface area (Å²) in [5.41, 5.74) is 2.96. The minimum atomic E-state index is 0.109. The zero-order valence-electron chi connectivity index (χ0n) is 14.4. The Morgan fingerprint density at radius 3 is 2.75 bits per heavy atom. The van der Waals surface area contributed by atoms with E-state index in [4.69, 9.17) is 9.47 Å². The third kappa shape index (κ3) is 4.72. The third-order valence-electron chi connectivity index (χ3n) is 3.90. The molecule has 2 aromatic carbocycles. The molecule has 0 amide bonds. The molecule has 0 N–H and O–H groups in total. The molecule has 3 nitrogen and oxygen atoms in total. The van der Waals surface area contributed by atoms with Crippen LogP contribution in [0.15, 0.2) is 55.1 Å². The topological polar surface area (TPSA) is 35.5 Å². The van der Waals surface area contributed by atoms with Gasteiger partial charge < -0.3 is 9.47 Å². The molecular weight excluding hydrogens is 300 g/mol. The Bertz CT molecular complexity index is 704. The van der Waals surface area contributed by atoms with Gasteiger partial charge in [-0.25, -0.2) is 0 Å². The van der Waals surface area contributed by atoms with Crippen molar-refractivity contribution >= 4 is 5.78 Å². The zero-order valence-corrected chi connectivity index (χ0v) is 14.4. The van der Waals surface area contributed by atoms with E-state index in [-0.39, 0.29) is 5.78 Å². The van der Waals surface area contributed by atoms with Gasteiger partial charge in [-0.3, -0.25) is 4.79 Å². The fraction of sp³-hybridized carbons (Fsp3) is 0.286. The van der Waals surface area contributed by atoms with Crippen LogP contribution in [-0.2, 0) is 12.8 Å². The van der Waals surface area contributed by atoms with Gasteiger partial charge >= 0.3 is 0 Å². The highest BCUT2D eigenvalue weighted by molar-refractivity contribution is 5.96. The SMILES string of the molecule is C=CCOc1cccc(C(=O)CCc2ccc(CC)c(OC)c2)c1. The molecule has 24 heavy (non-hydrogen) atoms. The van der Waals surface area contributed by atoms with E-state index in [0.717, 1.165) is 17.7 Å². The smallest absolute Gasteiger partial charge is 0.163 e. The van der Waals surface area contributed by atoms with Crippen LogP contribution in [0.5, 0.6) is 11.5 Å². The van der Waals surface area contributed by atoms with Crippen LogP contribution in [0.3, 0.4) is 0 Å². The van der Waals surface area contributed by atoms with Crippen molar-refractivity contribution in [2.24, 2.45) is 0 Å². The van der Waals surface area contributed by atoms with Gasteiger partial charge in [0.05, 0.1) is 7.11 Å². The molecule has 126 valence electrons. The molecule has 2 rings (SSSR count).